The van der Waals surface area contributed by atoms with Gasteiger partial charge in [0.2, 0.25) is 5.91 Å². The van der Waals surface area contributed by atoms with Gasteiger partial charge >= 0.3 is 5.97 Å². The van der Waals surface area contributed by atoms with E-state index in [-0.39, 0.29) is 23.6 Å². The van der Waals surface area contributed by atoms with Crippen LogP contribution in [0.2, 0.25) is 5.02 Å². The van der Waals surface area contributed by atoms with Crippen LogP contribution < -0.4 is 15.8 Å². The molecule has 0 unspecified atom stereocenters. The predicted molar refractivity (Wildman–Crippen MR) is 148 cm³/mol. The zero-order chi connectivity index (χ0) is 26.2. The van der Waals surface area contributed by atoms with Gasteiger partial charge in [0, 0.05) is 32.6 Å². The lowest BCUT2D eigenvalue weighted by atomic mass is 10.1. The van der Waals surface area contributed by atoms with Gasteiger partial charge in [-0.1, -0.05) is 65.8 Å². The van der Waals surface area contributed by atoms with E-state index in [0.29, 0.717) is 23.7 Å². The zero-order valence-corrected chi connectivity index (χ0v) is 21.4. The molecule has 0 aromatic heterocycles. The van der Waals surface area contributed by atoms with Crippen molar-refractivity contribution < 1.29 is 19.4 Å². The average Bonchev–Trinajstić information content (AvgIpc) is 2.89. The number of carbonyl (C=O) groups excluding carboxylic acids is 1. The number of nitrogens with two attached hydrogens (primary N) is 1. The molecule has 0 spiro atoms. The number of amides is 1. The second kappa shape index (κ2) is 12.3. The van der Waals surface area contributed by atoms with Crippen LogP contribution in [0.4, 0.5) is 11.4 Å². The molecule has 8 heteroatoms. The van der Waals surface area contributed by atoms with Crippen LogP contribution in [-0.2, 0) is 17.8 Å². The molecule has 188 valence electrons. The number of nitrogens with one attached hydrogen (secondary N) is 1. The van der Waals surface area contributed by atoms with E-state index in [1.807, 2.05) is 72.8 Å². The molecule has 0 aliphatic heterocycles. The third kappa shape index (κ3) is 7.52. The highest BCUT2D eigenvalue weighted by Crippen LogP contribution is 2.33. The Morgan fingerprint density at radius 3 is 2.46 bits per heavy atom. The summed E-state index contributed by atoms with van der Waals surface area (Å²) in [6, 6.07) is 28.0. The first-order chi connectivity index (χ1) is 17.9. The Kier molecular flexibility index (Phi) is 8.72. The Morgan fingerprint density at radius 2 is 1.70 bits per heavy atom. The molecular weight excluding hydrogens is 508 g/mol. The van der Waals surface area contributed by atoms with Crippen LogP contribution in [0.1, 0.15) is 27.9 Å². The van der Waals surface area contributed by atoms with Gasteiger partial charge in [-0.05, 0) is 66.1 Å². The van der Waals surface area contributed by atoms with Crippen LogP contribution in [0.15, 0.2) is 101 Å². The Balaban J connectivity index is 1.32. The van der Waals surface area contributed by atoms with Gasteiger partial charge < -0.3 is 20.9 Å². The summed E-state index contributed by atoms with van der Waals surface area (Å²) in [4.78, 5) is 25.6. The number of halogens is 1. The first kappa shape index (κ1) is 26.1. The van der Waals surface area contributed by atoms with Crippen LogP contribution >= 0.6 is 23.4 Å². The number of carboxylic acid groups (broad SMARTS) is 1. The largest absolute Gasteiger partial charge is 0.489 e. The lowest BCUT2D eigenvalue weighted by Crippen LogP contribution is -2.13. The average molecular weight is 533 g/mol. The normalized spacial score (nSPS) is 10.6. The third-order valence-corrected chi connectivity index (χ3v) is 6.83. The lowest BCUT2D eigenvalue weighted by molar-refractivity contribution is -0.116. The van der Waals surface area contributed by atoms with Gasteiger partial charge in [-0.2, -0.15) is 0 Å². The highest BCUT2D eigenvalue weighted by molar-refractivity contribution is 7.99. The number of carboxylic acids is 1. The Labute approximate surface area is 224 Å². The number of ether oxygens (including phenoxy) is 1. The predicted octanol–water partition coefficient (Wildman–Crippen LogP) is 6.92. The Hall–Kier alpha value is -3.94. The molecule has 6 nitrogen and oxygen atoms in total. The summed E-state index contributed by atoms with van der Waals surface area (Å²) < 4.78 is 5.92. The van der Waals surface area contributed by atoms with Gasteiger partial charge in [0.1, 0.15) is 12.4 Å². The van der Waals surface area contributed by atoms with E-state index in [0.717, 1.165) is 26.7 Å². The minimum Gasteiger partial charge on any atom is -0.489 e. The molecule has 0 saturated carbocycles. The Bertz CT molecular complexity index is 1410. The highest BCUT2D eigenvalue weighted by atomic mass is 35.5. The number of benzene rings is 4. The fourth-order valence-electron chi connectivity index (χ4n) is 3.59. The second-order valence-corrected chi connectivity index (χ2v) is 9.81. The fraction of sp³-hybridized carbons (Fsp3) is 0.103. The van der Waals surface area contributed by atoms with Crippen LogP contribution in [-0.4, -0.2) is 17.0 Å². The molecule has 0 bridgehead atoms. The fourth-order valence-corrected chi connectivity index (χ4v) is 4.84. The van der Waals surface area contributed by atoms with Crippen molar-refractivity contribution in [2.24, 2.45) is 0 Å². The topological polar surface area (TPSA) is 102 Å². The van der Waals surface area contributed by atoms with Gasteiger partial charge in [-0.25, -0.2) is 4.79 Å². The number of rotatable bonds is 10. The molecule has 4 aromatic rings. The summed E-state index contributed by atoms with van der Waals surface area (Å²) in [5.41, 5.74) is 8.08. The van der Waals surface area contributed by atoms with E-state index < -0.39 is 5.97 Å². The first-order valence-electron chi connectivity index (χ1n) is 11.5. The molecule has 0 radical (unpaired) electrons. The SMILES string of the molecule is Nc1ccc(NC(=O)CCc2ccc(Sc3cccc(OCc4ccccc4)c3)cc2Cl)cc1C(=O)O. The van der Waals surface area contributed by atoms with E-state index in [2.05, 4.69) is 5.32 Å². The third-order valence-electron chi connectivity index (χ3n) is 5.50. The molecule has 4 rings (SSSR count). The van der Waals surface area contributed by atoms with Crippen molar-refractivity contribution in [1.29, 1.82) is 0 Å². The standard InChI is InChI=1S/C29H25ClN2O4S/c30-26-17-24(37-23-8-4-7-22(16-23)36-18-19-5-2-1-3-6-19)12-9-20(26)10-14-28(33)32-21-11-13-27(31)25(15-21)29(34)35/h1-9,11-13,15-17H,10,14,18,31H2,(H,32,33)(H,34,35). The first-order valence-corrected chi connectivity index (χ1v) is 12.7. The summed E-state index contributed by atoms with van der Waals surface area (Å²) in [7, 11) is 0. The summed E-state index contributed by atoms with van der Waals surface area (Å²) in [5, 5.41) is 12.5. The van der Waals surface area contributed by atoms with E-state index in [1.165, 1.54) is 12.1 Å². The molecule has 0 aliphatic carbocycles. The van der Waals surface area contributed by atoms with Crippen LogP contribution in [0.25, 0.3) is 0 Å². The monoisotopic (exact) mass is 532 g/mol. The molecule has 0 heterocycles. The van der Waals surface area contributed by atoms with Crippen LogP contribution in [0, 0.1) is 0 Å². The second-order valence-electron chi connectivity index (χ2n) is 8.26. The van der Waals surface area contributed by atoms with Gasteiger partial charge in [0.25, 0.3) is 0 Å². The molecule has 37 heavy (non-hydrogen) atoms. The number of hydrogen-bond donors (Lipinski definition) is 3. The number of aromatic carboxylic acids is 1. The summed E-state index contributed by atoms with van der Waals surface area (Å²) in [5.74, 6) is -0.605. The maximum atomic E-state index is 12.4. The molecule has 4 N–H and O–H groups in total. The smallest absolute Gasteiger partial charge is 0.337 e. The van der Waals surface area contributed by atoms with E-state index in [1.54, 1.807) is 17.8 Å². The number of carbonyl (C=O) groups is 2. The molecular formula is C29H25ClN2O4S. The van der Waals surface area contributed by atoms with Crippen molar-refractivity contribution in [2.45, 2.75) is 29.2 Å². The molecule has 0 saturated heterocycles. The van der Waals surface area contributed by atoms with Crippen molar-refractivity contribution in [3.8, 4) is 5.75 Å². The van der Waals surface area contributed by atoms with Gasteiger partial charge in [0.05, 0.1) is 5.56 Å². The van der Waals surface area contributed by atoms with E-state index in [9.17, 15) is 14.7 Å². The summed E-state index contributed by atoms with van der Waals surface area (Å²) >= 11 is 8.09. The van der Waals surface area contributed by atoms with Gasteiger partial charge in [-0.3, -0.25) is 4.79 Å². The summed E-state index contributed by atoms with van der Waals surface area (Å²) in [6.07, 6.45) is 0.638. The molecule has 0 atom stereocenters. The van der Waals surface area contributed by atoms with Crippen molar-refractivity contribution in [3.63, 3.8) is 0 Å². The number of aryl methyl sites for hydroxylation is 1. The zero-order valence-electron chi connectivity index (χ0n) is 19.8. The Morgan fingerprint density at radius 1 is 0.919 bits per heavy atom. The summed E-state index contributed by atoms with van der Waals surface area (Å²) in [6.45, 7) is 0.502. The van der Waals surface area contributed by atoms with Gasteiger partial charge in [-0.15, -0.1) is 0 Å². The van der Waals surface area contributed by atoms with E-state index in [4.69, 9.17) is 22.1 Å². The quantitative estimate of drug-likeness (QED) is 0.192. The molecule has 0 fully saturated rings. The van der Waals surface area contributed by atoms with Crippen molar-refractivity contribution in [2.75, 3.05) is 11.1 Å². The maximum absolute atomic E-state index is 12.4. The van der Waals surface area contributed by atoms with Crippen molar-refractivity contribution in [3.05, 3.63) is 113 Å². The van der Waals surface area contributed by atoms with E-state index >= 15 is 0 Å². The minimum absolute atomic E-state index is 0.0535. The van der Waals surface area contributed by atoms with Crippen molar-refractivity contribution in [1.82, 2.24) is 0 Å². The maximum Gasteiger partial charge on any atom is 0.337 e. The van der Waals surface area contributed by atoms with Gasteiger partial charge in [0.15, 0.2) is 0 Å². The number of nitrogen functional groups attached to an aromatic ring is 1. The van der Waals surface area contributed by atoms with Crippen LogP contribution in [0.3, 0.4) is 0 Å². The lowest BCUT2D eigenvalue weighted by Gasteiger charge is -2.10. The molecule has 1 amide bonds. The number of hydrogen-bond acceptors (Lipinski definition) is 5. The number of anilines is 2. The molecule has 0 aliphatic rings. The van der Waals surface area contributed by atoms with Crippen LogP contribution in [0.5, 0.6) is 5.75 Å². The van der Waals surface area contributed by atoms with Crippen molar-refractivity contribution >= 4 is 46.6 Å². The highest BCUT2D eigenvalue weighted by Gasteiger charge is 2.12. The minimum atomic E-state index is -1.15. The molecule has 4 aromatic carbocycles.